The van der Waals surface area contributed by atoms with E-state index in [1.54, 1.807) is 7.11 Å². The lowest BCUT2D eigenvalue weighted by molar-refractivity contribution is 0.0204. The number of aliphatic imine (C=N–C) groups is 1. The molecule has 0 amide bonds. The number of nitrogens with zero attached hydrogens (tertiary/aromatic N) is 1. The van der Waals surface area contributed by atoms with Crippen LogP contribution in [-0.4, -0.2) is 52.5 Å². The quantitative estimate of drug-likeness (QED) is 0.592. The van der Waals surface area contributed by atoms with Gasteiger partial charge in [-0.1, -0.05) is 45.0 Å². The van der Waals surface area contributed by atoms with Gasteiger partial charge in [-0.25, -0.2) is 0 Å². The van der Waals surface area contributed by atoms with Crippen LogP contribution >= 0.6 is 0 Å². The molecular formula is C22H37N3O2. The van der Waals surface area contributed by atoms with Gasteiger partial charge in [0.2, 0.25) is 0 Å². The molecule has 1 atom stereocenters. The van der Waals surface area contributed by atoms with E-state index in [0.717, 1.165) is 45.1 Å². The maximum Gasteiger partial charge on any atom is 0.191 e. The van der Waals surface area contributed by atoms with Crippen molar-refractivity contribution in [2.45, 2.75) is 52.1 Å². The maximum absolute atomic E-state index is 5.66. The lowest BCUT2D eigenvalue weighted by Crippen LogP contribution is -2.50. The summed E-state index contributed by atoms with van der Waals surface area (Å²) in [4.78, 5) is 4.42. The second-order valence-corrected chi connectivity index (χ2v) is 8.60. The van der Waals surface area contributed by atoms with Crippen LogP contribution in [0.15, 0.2) is 29.3 Å². The molecular weight excluding hydrogens is 338 g/mol. The first-order valence-electron chi connectivity index (χ1n) is 9.93. The van der Waals surface area contributed by atoms with Crippen molar-refractivity contribution in [3.05, 3.63) is 35.4 Å². The average Bonchev–Trinajstić information content (AvgIpc) is 2.64. The monoisotopic (exact) mass is 375 g/mol. The van der Waals surface area contributed by atoms with Crippen molar-refractivity contribution < 1.29 is 9.47 Å². The van der Waals surface area contributed by atoms with Crippen LogP contribution in [0.25, 0.3) is 0 Å². The molecule has 0 aliphatic carbocycles. The predicted octanol–water partition coefficient (Wildman–Crippen LogP) is 3.27. The highest BCUT2D eigenvalue weighted by Crippen LogP contribution is 2.36. The fourth-order valence-corrected chi connectivity index (χ4v) is 3.88. The molecule has 1 aromatic carbocycles. The summed E-state index contributed by atoms with van der Waals surface area (Å²) in [6.45, 7) is 11.9. The first-order valence-corrected chi connectivity index (χ1v) is 9.93. The van der Waals surface area contributed by atoms with Gasteiger partial charge in [-0.2, -0.15) is 0 Å². The number of nitrogens with one attached hydrogen (secondary N) is 2. The summed E-state index contributed by atoms with van der Waals surface area (Å²) in [5.74, 6) is 0.820. The van der Waals surface area contributed by atoms with Crippen molar-refractivity contribution in [3.8, 4) is 0 Å². The van der Waals surface area contributed by atoms with Gasteiger partial charge in [-0.15, -0.1) is 0 Å². The van der Waals surface area contributed by atoms with Crippen molar-refractivity contribution >= 4 is 5.96 Å². The van der Waals surface area contributed by atoms with Crippen molar-refractivity contribution in [2.24, 2.45) is 10.4 Å². The average molecular weight is 376 g/mol. The first-order chi connectivity index (χ1) is 12.8. The van der Waals surface area contributed by atoms with Gasteiger partial charge in [-0.05, 0) is 36.3 Å². The molecule has 1 unspecified atom stereocenters. The number of rotatable bonds is 6. The van der Waals surface area contributed by atoms with Crippen LogP contribution < -0.4 is 10.6 Å². The Balaban J connectivity index is 2.06. The van der Waals surface area contributed by atoms with E-state index in [2.05, 4.69) is 67.6 Å². The molecule has 0 radical (unpaired) electrons. The van der Waals surface area contributed by atoms with E-state index >= 15 is 0 Å². The first kappa shape index (κ1) is 21.7. The van der Waals surface area contributed by atoms with Crippen LogP contribution in [0.4, 0.5) is 0 Å². The van der Waals surface area contributed by atoms with Crippen LogP contribution in [0.2, 0.25) is 0 Å². The van der Waals surface area contributed by atoms with Gasteiger partial charge >= 0.3 is 0 Å². The van der Waals surface area contributed by atoms with Gasteiger partial charge in [0, 0.05) is 45.9 Å². The Labute approximate surface area is 164 Å². The number of guanidine groups is 1. The van der Waals surface area contributed by atoms with Gasteiger partial charge in [-0.3, -0.25) is 4.99 Å². The van der Waals surface area contributed by atoms with Crippen LogP contribution in [0.3, 0.4) is 0 Å². The van der Waals surface area contributed by atoms with Gasteiger partial charge in [0.15, 0.2) is 5.96 Å². The fraction of sp³-hybridized carbons (Fsp3) is 0.682. The van der Waals surface area contributed by atoms with Crippen LogP contribution in [0.5, 0.6) is 0 Å². The normalized spacial score (nSPS) is 18.8. The lowest BCUT2D eigenvalue weighted by atomic mass is 9.72. The Morgan fingerprint density at radius 3 is 2.44 bits per heavy atom. The van der Waals surface area contributed by atoms with Crippen molar-refractivity contribution in [2.75, 3.05) is 40.5 Å². The Bertz CT molecular complexity index is 616. The third-order valence-corrected chi connectivity index (χ3v) is 5.69. The summed E-state index contributed by atoms with van der Waals surface area (Å²) >= 11 is 0. The highest BCUT2D eigenvalue weighted by atomic mass is 16.5. The summed E-state index contributed by atoms with van der Waals surface area (Å²) in [6, 6.07) is 8.71. The number of methoxy groups -OCH3 is 1. The van der Waals surface area contributed by atoms with Crippen molar-refractivity contribution in [1.82, 2.24) is 10.6 Å². The molecule has 0 bridgehead atoms. The summed E-state index contributed by atoms with van der Waals surface area (Å²) in [7, 11) is 3.58. The SMILES string of the molecule is CN=C(NCC(OC)C(C)(C)C)NCC1(c2ccccc2C)CCOCC1. The Morgan fingerprint density at radius 1 is 1.22 bits per heavy atom. The largest absolute Gasteiger partial charge is 0.381 e. The highest BCUT2D eigenvalue weighted by Gasteiger charge is 2.35. The minimum absolute atomic E-state index is 0.0731. The van der Waals surface area contributed by atoms with Gasteiger partial charge < -0.3 is 20.1 Å². The minimum Gasteiger partial charge on any atom is -0.381 e. The molecule has 0 aromatic heterocycles. The Kier molecular flexibility index (Phi) is 7.68. The predicted molar refractivity (Wildman–Crippen MR) is 113 cm³/mol. The van der Waals surface area contributed by atoms with Gasteiger partial charge in [0.1, 0.15) is 0 Å². The van der Waals surface area contributed by atoms with Crippen molar-refractivity contribution in [3.63, 3.8) is 0 Å². The fourth-order valence-electron chi connectivity index (χ4n) is 3.88. The second kappa shape index (κ2) is 9.56. The maximum atomic E-state index is 5.66. The Morgan fingerprint density at radius 2 is 1.89 bits per heavy atom. The van der Waals surface area contributed by atoms with E-state index in [4.69, 9.17) is 9.47 Å². The zero-order valence-corrected chi connectivity index (χ0v) is 17.9. The molecule has 1 aromatic rings. The topological polar surface area (TPSA) is 54.9 Å². The van der Waals surface area contributed by atoms with Crippen LogP contribution in [-0.2, 0) is 14.9 Å². The molecule has 27 heavy (non-hydrogen) atoms. The number of aryl methyl sites for hydroxylation is 1. The van der Waals surface area contributed by atoms with E-state index in [1.165, 1.54) is 11.1 Å². The van der Waals surface area contributed by atoms with E-state index in [9.17, 15) is 0 Å². The third-order valence-electron chi connectivity index (χ3n) is 5.69. The number of hydrogen-bond acceptors (Lipinski definition) is 3. The van der Waals surface area contributed by atoms with E-state index < -0.39 is 0 Å². The Hall–Kier alpha value is -1.59. The summed E-state index contributed by atoms with van der Waals surface area (Å²) in [6.07, 6.45) is 2.15. The molecule has 0 spiro atoms. The number of hydrogen-bond donors (Lipinski definition) is 2. The summed E-state index contributed by atoms with van der Waals surface area (Å²) in [5.41, 5.74) is 2.91. The van der Waals surface area contributed by atoms with E-state index in [1.807, 2.05) is 7.05 Å². The van der Waals surface area contributed by atoms with E-state index in [-0.39, 0.29) is 16.9 Å². The molecule has 1 fully saturated rings. The number of benzene rings is 1. The summed E-state index contributed by atoms with van der Waals surface area (Å²) in [5, 5.41) is 7.00. The lowest BCUT2D eigenvalue weighted by Gasteiger charge is -2.39. The van der Waals surface area contributed by atoms with E-state index in [0.29, 0.717) is 0 Å². The molecule has 2 N–H and O–H groups in total. The molecule has 5 nitrogen and oxygen atoms in total. The molecule has 1 saturated heterocycles. The zero-order chi connectivity index (χ0) is 19.9. The highest BCUT2D eigenvalue weighted by molar-refractivity contribution is 5.79. The molecule has 5 heteroatoms. The summed E-state index contributed by atoms with van der Waals surface area (Å²) < 4.78 is 11.3. The van der Waals surface area contributed by atoms with Gasteiger partial charge in [0.25, 0.3) is 0 Å². The molecule has 1 aliphatic heterocycles. The second-order valence-electron chi connectivity index (χ2n) is 8.60. The molecule has 1 aliphatic rings. The minimum atomic E-state index is 0.0731. The van der Waals surface area contributed by atoms with Crippen molar-refractivity contribution in [1.29, 1.82) is 0 Å². The molecule has 152 valence electrons. The smallest absolute Gasteiger partial charge is 0.191 e. The molecule has 0 saturated carbocycles. The molecule has 1 heterocycles. The number of ether oxygens (including phenoxy) is 2. The van der Waals surface area contributed by atoms with Crippen LogP contribution in [0, 0.1) is 12.3 Å². The standard InChI is InChI=1S/C22H37N3O2/c1-17-9-7-8-10-18(17)22(11-13-27-14-12-22)16-25-20(23-5)24-15-19(26-6)21(2,3)4/h7-10,19H,11-16H2,1-6H3,(H2,23,24,25). The zero-order valence-electron chi connectivity index (χ0n) is 17.9. The third kappa shape index (κ3) is 5.69. The van der Waals surface area contributed by atoms with Gasteiger partial charge in [0.05, 0.1) is 6.10 Å². The molecule has 2 rings (SSSR count). The van der Waals surface area contributed by atoms with Crippen LogP contribution in [0.1, 0.15) is 44.7 Å².